The standard InChI is InChI=1S/C16H19N3O4/c1-16(2,3)23-14(20)10-6-7-12(17-8-10)11-9-18-19(4)13(11)15(21)22-5/h6-9H,1-5H3. The third-order valence-electron chi connectivity index (χ3n) is 2.99. The number of carbonyl (C=O) groups excluding carboxylic acids is 2. The van der Waals surface area contributed by atoms with Crippen LogP contribution in [0.3, 0.4) is 0 Å². The summed E-state index contributed by atoms with van der Waals surface area (Å²) in [5.74, 6) is -0.950. The van der Waals surface area contributed by atoms with Crippen molar-refractivity contribution in [3.05, 3.63) is 35.8 Å². The van der Waals surface area contributed by atoms with E-state index in [1.54, 1.807) is 40.0 Å². The molecular weight excluding hydrogens is 298 g/mol. The molecular formula is C16H19N3O4. The highest BCUT2D eigenvalue weighted by atomic mass is 16.6. The van der Waals surface area contributed by atoms with E-state index in [0.717, 1.165) is 0 Å². The van der Waals surface area contributed by atoms with Crippen LogP contribution in [-0.2, 0) is 16.5 Å². The van der Waals surface area contributed by atoms with Gasteiger partial charge in [-0.15, -0.1) is 0 Å². The van der Waals surface area contributed by atoms with Gasteiger partial charge in [-0.25, -0.2) is 9.59 Å². The highest BCUT2D eigenvalue weighted by Gasteiger charge is 2.21. The van der Waals surface area contributed by atoms with Crippen LogP contribution in [0, 0.1) is 0 Å². The number of ether oxygens (including phenoxy) is 2. The van der Waals surface area contributed by atoms with E-state index in [-0.39, 0.29) is 0 Å². The molecule has 0 aliphatic rings. The Balaban J connectivity index is 2.31. The smallest absolute Gasteiger partial charge is 0.357 e. The molecule has 0 unspecified atom stereocenters. The molecule has 0 spiro atoms. The van der Waals surface area contributed by atoms with Crippen molar-refractivity contribution in [3.8, 4) is 11.3 Å². The highest BCUT2D eigenvalue weighted by Crippen LogP contribution is 2.22. The number of carbonyl (C=O) groups is 2. The summed E-state index contributed by atoms with van der Waals surface area (Å²) in [6, 6.07) is 3.24. The zero-order chi connectivity index (χ0) is 17.2. The van der Waals surface area contributed by atoms with Crippen molar-refractivity contribution in [1.29, 1.82) is 0 Å². The van der Waals surface area contributed by atoms with Crippen LogP contribution in [0.4, 0.5) is 0 Å². The van der Waals surface area contributed by atoms with Gasteiger partial charge in [0.05, 0.1) is 30.1 Å². The number of aromatic nitrogens is 3. The fourth-order valence-corrected chi connectivity index (χ4v) is 1.97. The number of esters is 2. The van der Waals surface area contributed by atoms with Crippen molar-refractivity contribution in [2.45, 2.75) is 26.4 Å². The molecule has 0 saturated carbocycles. The van der Waals surface area contributed by atoms with Gasteiger partial charge >= 0.3 is 11.9 Å². The van der Waals surface area contributed by atoms with Gasteiger partial charge in [-0.1, -0.05) is 0 Å². The Morgan fingerprint density at radius 3 is 2.35 bits per heavy atom. The van der Waals surface area contributed by atoms with Gasteiger partial charge in [-0.2, -0.15) is 5.10 Å². The van der Waals surface area contributed by atoms with Gasteiger partial charge in [0.1, 0.15) is 5.60 Å². The monoisotopic (exact) mass is 317 g/mol. The molecule has 0 amide bonds. The maximum atomic E-state index is 12.0. The molecule has 7 nitrogen and oxygen atoms in total. The largest absolute Gasteiger partial charge is 0.464 e. The van der Waals surface area contributed by atoms with Crippen LogP contribution in [0.5, 0.6) is 0 Å². The second-order valence-corrected chi connectivity index (χ2v) is 5.96. The molecule has 0 saturated heterocycles. The molecule has 0 N–H and O–H groups in total. The van der Waals surface area contributed by atoms with Gasteiger partial charge in [0.15, 0.2) is 5.69 Å². The third-order valence-corrected chi connectivity index (χ3v) is 2.99. The van der Waals surface area contributed by atoms with Gasteiger partial charge in [-0.05, 0) is 32.9 Å². The van der Waals surface area contributed by atoms with E-state index in [9.17, 15) is 9.59 Å². The van der Waals surface area contributed by atoms with Gasteiger partial charge in [0.25, 0.3) is 0 Å². The van der Waals surface area contributed by atoms with E-state index in [1.165, 1.54) is 24.2 Å². The molecule has 0 bridgehead atoms. The Bertz CT molecular complexity index is 727. The lowest BCUT2D eigenvalue weighted by molar-refractivity contribution is 0.00689. The van der Waals surface area contributed by atoms with Crippen LogP contribution < -0.4 is 0 Å². The highest BCUT2D eigenvalue weighted by molar-refractivity contribution is 5.95. The fraction of sp³-hybridized carbons (Fsp3) is 0.375. The minimum absolute atomic E-state index is 0.296. The van der Waals surface area contributed by atoms with Crippen LogP contribution in [0.15, 0.2) is 24.5 Å². The summed E-state index contributed by atoms with van der Waals surface area (Å²) in [5, 5.41) is 4.05. The summed E-state index contributed by atoms with van der Waals surface area (Å²) < 4.78 is 11.5. The van der Waals surface area contributed by atoms with Crippen molar-refractivity contribution in [2.75, 3.05) is 7.11 Å². The second kappa shape index (κ2) is 6.20. The number of nitrogens with zero attached hydrogens (tertiary/aromatic N) is 3. The van der Waals surface area contributed by atoms with Crippen molar-refractivity contribution in [1.82, 2.24) is 14.8 Å². The van der Waals surface area contributed by atoms with Crippen LogP contribution >= 0.6 is 0 Å². The number of methoxy groups -OCH3 is 1. The number of hydrogen-bond acceptors (Lipinski definition) is 6. The maximum absolute atomic E-state index is 12.0. The fourth-order valence-electron chi connectivity index (χ4n) is 1.97. The molecule has 0 radical (unpaired) electrons. The van der Waals surface area contributed by atoms with Crippen LogP contribution in [0.1, 0.15) is 41.6 Å². The van der Waals surface area contributed by atoms with Crippen LogP contribution in [0.2, 0.25) is 0 Å². The van der Waals surface area contributed by atoms with Gasteiger partial charge in [-0.3, -0.25) is 9.67 Å². The zero-order valence-electron chi connectivity index (χ0n) is 13.8. The minimum atomic E-state index is -0.572. The van der Waals surface area contributed by atoms with Crippen LogP contribution in [-0.4, -0.2) is 39.4 Å². The van der Waals surface area contributed by atoms with Crippen molar-refractivity contribution in [2.24, 2.45) is 7.05 Å². The van der Waals surface area contributed by atoms with Crippen molar-refractivity contribution >= 4 is 11.9 Å². The Kier molecular flexibility index (Phi) is 4.49. The molecule has 0 aliphatic carbocycles. The van der Waals surface area contributed by atoms with E-state index < -0.39 is 17.5 Å². The average Bonchev–Trinajstić information content (AvgIpc) is 2.86. The number of aryl methyl sites for hydroxylation is 1. The van der Waals surface area contributed by atoms with Crippen LogP contribution in [0.25, 0.3) is 11.3 Å². The topological polar surface area (TPSA) is 83.3 Å². The van der Waals surface area contributed by atoms with E-state index >= 15 is 0 Å². The molecule has 2 aromatic heterocycles. The van der Waals surface area contributed by atoms with Crippen molar-refractivity contribution in [3.63, 3.8) is 0 Å². The number of hydrogen-bond donors (Lipinski definition) is 0. The first-order valence-corrected chi connectivity index (χ1v) is 7.03. The summed E-state index contributed by atoms with van der Waals surface area (Å²) >= 11 is 0. The molecule has 0 atom stereocenters. The molecule has 2 aromatic rings. The Labute approximate surface area is 134 Å². The Morgan fingerprint density at radius 2 is 1.83 bits per heavy atom. The van der Waals surface area contributed by atoms with E-state index in [0.29, 0.717) is 22.5 Å². The molecule has 0 fully saturated rings. The summed E-state index contributed by atoms with van der Waals surface area (Å²) in [4.78, 5) is 28.0. The summed E-state index contributed by atoms with van der Waals surface area (Å²) in [7, 11) is 2.95. The first-order chi connectivity index (χ1) is 10.7. The molecule has 0 aliphatic heterocycles. The number of rotatable bonds is 3. The number of pyridine rings is 1. The molecule has 2 heterocycles. The third kappa shape index (κ3) is 3.74. The lowest BCUT2D eigenvalue weighted by atomic mass is 10.1. The lowest BCUT2D eigenvalue weighted by Gasteiger charge is -2.19. The van der Waals surface area contributed by atoms with Gasteiger partial charge in [0, 0.05) is 13.2 Å². The van der Waals surface area contributed by atoms with Gasteiger partial charge in [0.2, 0.25) is 0 Å². The normalized spacial score (nSPS) is 11.2. The average molecular weight is 317 g/mol. The first-order valence-electron chi connectivity index (χ1n) is 7.03. The molecule has 23 heavy (non-hydrogen) atoms. The molecule has 122 valence electrons. The predicted octanol–water partition coefficient (Wildman–Crippen LogP) is 2.22. The predicted molar refractivity (Wildman–Crippen MR) is 82.9 cm³/mol. The summed E-state index contributed by atoms with van der Waals surface area (Å²) in [6.45, 7) is 5.39. The quantitative estimate of drug-likeness (QED) is 0.807. The minimum Gasteiger partial charge on any atom is -0.464 e. The van der Waals surface area contributed by atoms with Crippen molar-refractivity contribution < 1.29 is 19.1 Å². The molecule has 0 aromatic carbocycles. The Hall–Kier alpha value is -2.70. The summed E-state index contributed by atoms with van der Waals surface area (Å²) in [6.07, 6.45) is 2.94. The Morgan fingerprint density at radius 1 is 1.13 bits per heavy atom. The second-order valence-electron chi connectivity index (χ2n) is 5.96. The zero-order valence-corrected chi connectivity index (χ0v) is 13.8. The van der Waals surface area contributed by atoms with E-state index in [4.69, 9.17) is 9.47 Å². The summed E-state index contributed by atoms with van der Waals surface area (Å²) in [5.41, 5.74) is 1.12. The first kappa shape index (κ1) is 16.7. The van der Waals surface area contributed by atoms with Gasteiger partial charge < -0.3 is 9.47 Å². The lowest BCUT2D eigenvalue weighted by Crippen LogP contribution is -2.23. The maximum Gasteiger partial charge on any atom is 0.357 e. The SMILES string of the molecule is COC(=O)c1c(-c2ccc(C(=O)OC(C)(C)C)cn2)cnn1C. The van der Waals surface area contributed by atoms with E-state index in [2.05, 4.69) is 10.1 Å². The van der Waals surface area contributed by atoms with E-state index in [1.807, 2.05) is 0 Å². The molecule has 2 rings (SSSR count). The molecule has 7 heteroatoms.